The van der Waals surface area contributed by atoms with E-state index >= 15 is 0 Å². The van der Waals surface area contributed by atoms with Crippen LogP contribution in [0.25, 0.3) is 10.6 Å². The molecule has 2 heterocycles. The number of aromatic nitrogens is 1. The lowest BCUT2D eigenvalue weighted by Gasteiger charge is -2.14. The first kappa shape index (κ1) is 23.4. The van der Waals surface area contributed by atoms with Crippen LogP contribution in [0.15, 0.2) is 34.7 Å². The lowest BCUT2D eigenvalue weighted by molar-refractivity contribution is -0.128. The summed E-state index contributed by atoms with van der Waals surface area (Å²) in [5.41, 5.74) is 1.84. The number of hydrogen-bond donors (Lipinski definition) is 3. The second-order valence-electron chi connectivity index (χ2n) is 6.11. The minimum atomic E-state index is -4.52. The molecule has 2 aromatic heterocycles. The van der Waals surface area contributed by atoms with E-state index in [0.717, 1.165) is 25.3 Å². The zero-order valence-electron chi connectivity index (χ0n) is 15.6. The van der Waals surface area contributed by atoms with Crippen molar-refractivity contribution in [2.45, 2.75) is 48.5 Å². The number of nitrogens with one attached hydrogen (secondary N) is 1. The molecule has 9 nitrogen and oxygen atoms in total. The van der Waals surface area contributed by atoms with E-state index in [1.807, 2.05) is 6.92 Å². The number of hydrogen-bond acceptors (Lipinski definition) is 8. The predicted molar refractivity (Wildman–Crippen MR) is 109 cm³/mol. The lowest BCUT2D eigenvalue weighted by Crippen LogP contribution is -2.37. The van der Waals surface area contributed by atoms with Crippen LogP contribution in [0, 0.1) is 0 Å². The maximum atomic E-state index is 12.7. The Bertz CT molecular complexity index is 945. The highest BCUT2D eigenvalue weighted by Crippen LogP contribution is 2.40. The van der Waals surface area contributed by atoms with Gasteiger partial charge >= 0.3 is 10.1 Å². The third-order valence-electron chi connectivity index (χ3n) is 3.95. The van der Waals surface area contributed by atoms with Gasteiger partial charge in [0.1, 0.15) is 0 Å². The molecule has 2 aromatic rings. The van der Waals surface area contributed by atoms with Gasteiger partial charge in [0.15, 0.2) is 15.2 Å². The molecule has 12 heteroatoms. The second-order valence-corrected chi connectivity index (χ2v) is 10.1. The summed E-state index contributed by atoms with van der Waals surface area (Å²) in [6, 6.07) is 5.97. The minimum Gasteiger partial charge on any atom is -0.398 e. The van der Waals surface area contributed by atoms with E-state index in [9.17, 15) is 22.0 Å². The topological polar surface area (TPSA) is 143 Å². The standard InChI is InChI=1S/C17H22N2O7S3/c1-2-3-4-5-9-14(17(20)19-21)28(22)26-13-11-15(29(23,24)25)27-16(13)12-8-6-7-10-18-12/h6-8,10-11,14,21H,2-5,9H2,1H3,(H,19,20)(H,23,24,25). The van der Waals surface area contributed by atoms with Gasteiger partial charge in [-0.15, -0.1) is 11.3 Å². The molecule has 29 heavy (non-hydrogen) atoms. The number of amides is 1. The molecule has 0 spiro atoms. The number of thiophene rings is 1. The van der Waals surface area contributed by atoms with Gasteiger partial charge in [0, 0.05) is 12.3 Å². The van der Waals surface area contributed by atoms with Gasteiger partial charge < -0.3 is 4.18 Å². The number of hydroxylamine groups is 1. The molecule has 0 aliphatic rings. The third kappa shape index (κ3) is 6.57. The SMILES string of the molecule is CCCCCCC(C(=O)NO)S(=O)Oc1cc(S(=O)(=O)O)sc1-c1ccccn1. The van der Waals surface area contributed by atoms with Crippen molar-refractivity contribution >= 4 is 38.4 Å². The molecular weight excluding hydrogens is 440 g/mol. The van der Waals surface area contributed by atoms with Gasteiger partial charge in [0.2, 0.25) is 11.1 Å². The van der Waals surface area contributed by atoms with E-state index in [1.165, 1.54) is 11.7 Å². The highest BCUT2D eigenvalue weighted by atomic mass is 32.3. The largest absolute Gasteiger partial charge is 0.398 e. The highest BCUT2D eigenvalue weighted by Gasteiger charge is 2.29. The van der Waals surface area contributed by atoms with Crippen LogP contribution in [0.5, 0.6) is 5.75 Å². The predicted octanol–water partition coefficient (Wildman–Crippen LogP) is 2.94. The molecule has 0 aliphatic carbocycles. The minimum absolute atomic E-state index is 0.0936. The average Bonchev–Trinajstić information content (AvgIpc) is 3.12. The van der Waals surface area contributed by atoms with Crippen molar-refractivity contribution in [3.05, 3.63) is 30.5 Å². The summed E-state index contributed by atoms with van der Waals surface area (Å²) in [7, 11) is -4.52. The second kappa shape index (κ2) is 10.8. The molecule has 0 radical (unpaired) electrons. The summed E-state index contributed by atoms with van der Waals surface area (Å²) >= 11 is -1.51. The van der Waals surface area contributed by atoms with Crippen LogP contribution in [0.2, 0.25) is 0 Å². The Morgan fingerprint density at radius 1 is 1.34 bits per heavy atom. The van der Waals surface area contributed by atoms with Crippen molar-refractivity contribution < 1.29 is 31.4 Å². The smallest absolute Gasteiger partial charge is 0.304 e. The summed E-state index contributed by atoms with van der Waals surface area (Å²) < 4.78 is 50.1. The van der Waals surface area contributed by atoms with Crippen LogP contribution in [0.3, 0.4) is 0 Å². The first-order valence-electron chi connectivity index (χ1n) is 8.83. The van der Waals surface area contributed by atoms with Gasteiger partial charge in [0.05, 0.1) is 10.6 Å². The van der Waals surface area contributed by atoms with Crippen molar-refractivity contribution in [2.24, 2.45) is 0 Å². The quantitative estimate of drug-likeness (QED) is 0.200. The van der Waals surface area contributed by atoms with Crippen LogP contribution in [-0.4, -0.2) is 38.5 Å². The Morgan fingerprint density at radius 2 is 2.10 bits per heavy atom. The van der Waals surface area contributed by atoms with Crippen molar-refractivity contribution in [3.8, 4) is 16.3 Å². The summed E-state index contributed by atoms with van der Waals surface area (Å²) in [5, 5.41) is 7.81. The normalized spacial score (nSPS) is 13.6. The molecule has 160 valence electrons. The van der Waals surface area contributed by atoms with Gasteiger partial charge in [-0.05, 0) is 18.6 Å². The van der Waals surface area contributed by atoms with Gasteiger partial charge in [-0.25, -0.2) is 9.69 Å². The van der Waals surface area contributed by atoms with Crippen LogP contribution in [0.1, 0.15) is 39.0 Å². The molecular formula is C17H22N2O7S3. The Kier molecular flexibility index (Phi) is 8.71. The molecule has 3 N–H and O–H groups in total. The van der Waals surface area contributed by atoms with Crippen LogP contribution >= 0.6 is 11.3 Å². The van der Waals surface area contributed by atoms with Crippen molar-refractivity contribution in [2.75, 3.05) is 0 Å². The van der Waals surface area contributed by atoms with Crippen LogP contribution < -0.4 is 9.66 Å². The summed E-state index contributed by atoms with van der Waals surface area (Å²) in [6.45, 7) is 2.03. The third-order valence-corrected chi connectivity index (χ3v) is 7.65. The zero-order chi connectivity index (χ0) is 21.4. The van der Waals surface area contributed by atoms with Crippen molar-refractivity contribution in [3.63, 3.8) is 0 Å². The molecule has 0 aromatic carbocycles. The zero-order valence-corrected chi connectivity index (χ0v) is 18.1. The average molecular weight is 463 g/mol. The van der Waals surface area contributed by atoms with E-state index in [4.69, 9.17) is 9.39 Å². The monoisotopic (exact) mass is 462 g/mol. The first-order valence-corrected chi connectivity index (χ1v) is 12.2. The van der Waals surface area contributed by atoms with Gasteiger partial charge in [-0.3, -0.25) is 19.5 Å². The van der Waals surface area contributed by atoms with E-state index in [1.54, 1.807) is 18.2 Å². The maximum Gasteiger partial charge on any atom is 0.304 e. The van der Waals surface area contributed by atoms with Crippen molar-refractivity contribution in [1.29, 1.82) is 0 Å². The summed E-state index contributed by atoms with van der Waals surface area (Å²) in [6.07, 6.45) is 5.07. The number of unbranched alkanes of at least 4 members (excludes halogenated alkanes) is 3. The van der Waals surface area contributed by atoms with E-state index in [-0.39, 0.29) is 17.0 Å². The van der Waals surface area contributed by atoms with Gasteiger partial charge in [-0.2, -0.15) is 8.42 Å². The van der Waals surface area contributed by atoms with Crippen LogP contribution in [-0.2, 0) is 26.0 Å². The first-order chi connectivity index (χ1) is 13.8. The molecule has 2 unspecified atom stereocenters. The Balaban J connectivity index is 2.31. The summed E-state index contributed by atoms with van der Waals surface area (Å²) in [4.78, 5) is 16.3. The van der Waals surface area contributed by atoms with E-state index in [0.29, 0.717) is 23.5 Å². The molecule has 1 amide bonds. The maximum absolute atomic E-state index is 12.7. The van der Waals surface area contributed by atoms with E-state index < -0.39 is 36.6 Å². The Labute approximate surface area is 175 Å². The number of rotatable bonds is 11. The fourth-order valence-corrected chi connectivity index (χ4v) is 5.29. The lowest BCUT2D eigenvalue weighted by atomic mass is 10.1. The number of nitrogens with zero attached hydrogens (tertiary/aromatic N) is 1. The van der Waals surface area contributed by atoms with Crippen molar-refractivity contribution in [1.82, 2.24) is 10.5 Å². The molecule has 0 fully saturated rings. The molecule has 0 saturated heterocycles. The summed E-state index contributed by atoms with van der Waals surface area (Å²) in [5.74, 6) is -0.951. The van der Waals surface area contributed by atoms with E-state index in [2.05, 4.69) is 4.98 Å². The number of pyridine rings is 1. The fraction of sp³-hybridized carbons (Fsp3) is 0.412. The highest BCUT2D eigenvalue weighted by molar-refractivity contribution is 7.88. The molecule has 2 atom stereocenters. The number of carbonyl (C=O) groups is 1. The van der Waals surface area contributed by atoms with Gasteiger partial charge in [-0.1, -0.05) is 38.7 Å². The Hall–Kier alpha value is -1.86. The number of carbonyl (C=O) groups excluding carboxylic acids is 1. The Morgan fingerprint density at radius 3 is 2.69 bits per heavy atom. The molecule has 0 aliphatic heterocycles. The van der Waals surface area contributed by atoms with Gasteiger partial charge in [0.25, 0.3) is 5.91 Å². The molecule has 0 bridgehead atoms. The molecule has 0 saturated carbocycles. The molecule has 2 rings (SSSR count). The van der Waals surface area contributed by atoms with Crippen LogP contribution in [0.4, 0.5) is 0 Å². The fourth-order valence-electron chi connectivity index (χ4n) is 2.51.